The molecule has 1 unspecified atom stereocenters. The summed E-state index contributed by atoms with van der Waals surface area (Å²) in [5.74, 6) is -0.735. The lowest BCUT2D eigenvalue weighted by Gasteiger charge is -2.38. The maximum Gasteiger partial charge on any atom is 0.252 e. The number of hydrogen-bond acceptors (Lipinski definition) is 3. The van der Waals surface area contributed by atoms with Crippen molar-refractivity contribution in [3.8, 4) is 0 Å². The van der Waals surface area contributed by atoms with Crippen molar-refractivity contribution in [1.29, 1.82) is 0 Å². The first-order chi connectivity index (χ1) is 17.8. The topological polar surface area (TPSA) is 69.7 Å². The molecule has 0 radical (unpaired) electrons. The molecule has 0 aromatic heterocycles. The van der Waals surface area contributed by atoms with Gasteiger partial charge >= 0.3 is 0 Å². The fourth-order valence-electron chi connectivity index (χ4n) is 5.90. The molecule has 6 heteroatoms. The monoisotopic (exact) mass is 523 g/mol. The Labute approximate surface area is 230 Å². The van der Waals surface area contributed by atoms with Crippen molar-refractivity contribution in [3.05, 3.63) is 46.7 Å². The Hall–Kier alpha value is -2.63. The van der Waals surface area contributed by atoms with E-state index >= 15 is 0 Å². The van der Waals surface area contributed by atoms with Crippen molar-refractivity contribution in [2.24, 2.45) is 5.92 Å². The first-order valence-electron chi connectivity index (χ1n) is 14.5. The van der Waals surface area contributed by atoms with Gasteiger partial charge in [0.25, 0.3) is 5.91 Å². The van der Waals surface area contributed by atoms with Crippen LogP contribution in [0.25, 0.3) is 0 Å². The third kappa shape index (κ3) is 7.27. The van der Waals surface area contributed by atoms with Crippen LogP contribution in [0.5, 0.6) is 0 Å². The molecule has 0 bridgehead atoms. The zero-order valence-corrected chi connectivity index (χ0v) is 24.9. The fourth-order valence-corrected chi connectivity index (χ4v) is 5.90. The van der Waals surface area contributed by atoms with Gasteiger partial charge in [-0.25, -0.2) is 0 Å². The third-order valence-corrected chi connectivity index (χ3v) is 8.08. The Morgan fingerprint density at radius 1 is 1.00 bits per heavy atom. The standard InChI is InChI=1S/C32H49N3O3/c1-21(2)35(22(3)4)31(38)28-18-25(19-29(36)33-27-12-10-9-11-13-27)30(37)34(23(28)5)20-24-14-16-26(17-15-24)32(6,7)8/h14-17,21-22,25,27H,9-13,18-20H2,1-8H3,(H,33,36). The van der Waals surface area contributed by atoms with Gasteiger partial charge in [-0.2, -0.15) is 0 Å². The molecule has 3 amide bonds. The summed E-state index contributed by atoms with van der Waals surface area (Å²) in [5, 5.41) is 3.16. The number of benzene rings is 1. The van der Waals surface area contributed by atoms with Crippen molar-refractivity contribution in [3.63, 3.8) is 0 Å². The van der Waals surface area contributed by atoms with Crippen LogP contribution in [0.1, 0.15) is 111 Å². The smallest absolute Gasteiger partial charge is 0.252 e. The normalized spacial score (nSPS) is 19.4. The highest BCUT2D eigenvalue weighted by Crippen LogP contribution is 2.33. The number of hydrogen-bond donors (Lipinski definition) is 1. The van der Waals surface area contributed by atoms with E-state index in [1.54, 1.807) is 4.90 Å². The van der Waals surface area contributed by atoms with Crippen LogP contribution in [-0.2, 0) is 26.3 Å². The average molecular weight is 524 g/mol. The summed E-state index contributed by atoms with van der Waals surface area (Å²) in [7, 11) is 0. The Balaban J connectivity index is 1.89. The molecule has 2 aliphatic rings. The summed E-state index contributed by atoms with van der Waals surface area (Å²) in [6.45, 7) is 16.9. The molecule has 38 heavy (non-hydrogen) atoms. The Bertz CT molecular complexity index is 1020. The van der Waals surface area contributed by atoms with Gasteiger partial charge in [0.05, 0.1) is 12.5 Å². The zero-order chi connectivity index (χ0) is 28.2. The lowest BCUT2D eigenvalue weighted by atomic mass is 9.86. The van der Waals surface area contributed by atoms with Crippen LogP contribution in [0.4, 0.5) is 0 Å². The quantitative estimate of drug-likeness (QED) is 0.448. The number of rotatable bonds is 8. The number of nitrogens with zero attached hydrogens (tertiary/aromatic N) is 2. The van der Waals surface area contributed by atoms with Gasteiger partial charge in [-0.3, -0.25) is 14.4 Å². The molecule has 1 aliphatic heterocycles. The van der Waals surface area contributed by atoms with Crippen LogP contribution in [0.2, 0.25) is 0 Å². The molecule has 1 heterocycles. The summed E-state index contributed by atoms with van der Waals surface area (Å²) in [5.41, 5.74) is 3.64. The molecular formula is C32H49N3O3. The molecule has 1 fully saturated rings. The average Bonchev–Trinajstić information content (AvgIpc) is 2.83. The molecule has 210 valence electrons. The number of carbonyl (C=O) groups is 3. The van der Waals surface area contributed by atoms with E-state index in [9.17, 15) is 14.4 Å². The van der Waals surface area contributed by atoms with Gasteiger partial charge in [-0.15, -0.1) is 0 Å². The molecule has 1 aliphatic carbocycles. The molecule has 6 nitrogen and oxygen atoms in total. The van der Waals surface area contributed by atoms with E-state index in [1.165, 1.54) is 12.0 Å². The predicted molar refractivity (Wildman–Crippen MR) is 153 cm³/mol. The molecule has 0 saturated heterocycles. The molecule has 3 rings (SSSR count). The van der Waals surface area contributed by atoms with Gasteiger partial charge in [-0.1, -0.05) is 64.3 Å². The van der Waals surface area contributed by atoms with Crippen LogP contribution >= 0.6 is 0 Å². The fraction of sp³-hybridized carbons (Fsp3) is 0.656. The number of allylic oxidation sites excluding steroid dienone is 1. The van der Waals surface area contributed by atoms with Crippen molar-refractivity contribution in [2.75, 3.05) is 0 Å². The number of carbonyl (C=O) groups excluding carboxylic acids is 3. The summed E-state index contributed by atoms with van der Waals surface area (Å²) in [6, 6.07) is 8.63. The van der Waals surface area contributed by atoms with Crippen LogP contribution in [-0.4, -0.2) is 45.6 Å². The van der Waals surface area contributed by atoms with Gasteiger partial charge in [0, 0.05) is 35.8 Å². The van der Waals surface area contributed by atoms with Gasteiger partial charge < -0.3 is 15.1 Å². The van der Waals surface area contributed by atoms with Gasteiger partial charge in [-0.05, 0) is 70.4 Å². The minimum Gasteiger partial charge on any atom is -0.353 e. The highest BCUT2D eigenvalue weighted by atomic mass is 16.2. The lowest BCUT2D eigenvalue weighted by Crippen LogP contribution is -2.48. The van der Waals surface area contributed by atoms with Crippen LogP contribution in [0.3, 0.4) is 0 Å². The SMILES string of the molecule is CC1=C(C(=O)N(C(C)C)C(C)C)CC(CC(=O)NC2CCCCC2)C(=O)N1Cc1ccc(C(C)(C)C)cc1. The summed E-state index contributed by atoms with van der Waals surface area (Å²) in [4.78, 5) is 44.3. The summed E-state index contributed by atoms with van der Waals surface area (Å²) < 4.78 is 0. The van der Waals surface area contributed by atoms with Crippen molar-refractivity contribution in [2.45, 2.75) is 130 Å². The second kappa shape index (κ2) is 12.5. The Morgan fingerprint density at radius 2 is 1.58 bits per heavy atom. The molecule has 1 aromatic rings. The molecule has 1 N–H and O–H groups in total. The molecule has 0 spiro atoms. The Morgan fingerprint density at radius 3 is 2.11 bits per heavy atom. The molecule has 1 aromatic carbocycles. The van der Waals surface area contributed by atoms with E-state index in [4.69, 9.17) is 0 Å². The van der Waals surface area contributed by atoms with E-state index in [0.29, 0.717) is 24.2 Å². The Kier molecular flexibility index (Phi) is 9.83. The number of nitrogens with one attached hydrogen (secondary N) is 1. The van der Waals surface area contributed by atoms with E-state index in [1.807, 2.05) is 39.5 Å². The first-order valence-corrected chi connectivity index (χ1v) is 14.5. The van der Waals surface area contributed by atoms with E-state index in [0.717, 1.165) is 31.2 Å². The van der Waals surface area contributed by atoms with Crippen LogP contribution < -0.4 is 5.32 Å². The van der Waals surface area contributed by atoms with Gasteiger partial charge in [0.15, 0.2) is 0 Å². The van der Waals surface area contributed by atoms with Crippen LogP contribution in [0.15, 0.2) is 35.5 Å². The minimum absolute atomic E-state index is 0.0341. The third-order valence-electron chi connectivity index (χ3n) is 8.08. The van der Waals surface area contributed by atoms with Crippen molar-refractivity contribution >= 4 is 17.7 Å². The van der Waals surface area contributed by atoms with Crippen molar-refractivity contribution in [1.82, 2.24) is 15.1 Å². The summed E-state index contributed by atoms with van der Waals surface area (Å²) in [6.07, 6.45) is 5.91. The van der Waals surface area contributed by atoms with Crippen LogP contribution in [0, 0.1) is 5.92 Å². The highest BCUT2D eigenvalue weighted by molar-refractivity contribution is 5.99. The molecule has 1 saturated carbocycles. The van der Waals surface area contributed by atoms with E-state index in [2.05, 4.69) is 50.4 Å². The van der Waals surface area contributed by atoms with Gasteiger partial charge in [0.1, 0.15) is 0 Å². The largest absolute Gasteiger partial charge is 0.353 e. The van der Waals surface area contributed by atoms with Gasteiger partial charge in [0.2, 0.25) is 11.8 Å². The molecular weight excluding hydrogens is 474 g/mol. The van der Waals surface area contributed by atoms with Crippen molar-refractivity contribution < 1.29 is 14.4 Å². The highest BCUT2D eigenvalue weighted by Gasteiger charge is 2.38. The minimum atomic E-state index is -0.545. The zero-order valence-electron chi connectivity index (χ0n) is 24.9. The molecule has 1 atom stereocenters. The second-order valence-electron chi connectivity index (χ2n) is 12.8. The second-order valence-corrected chi connectivity index (χ2v) is 12.8. The predicted octanol–water partition coefficient (Wildman–Crippen LogP) is 6.09. The van der Waals surface area contributed by atoms with E-state index < -0.39 is 5.92 Å². The van der Waals surface area contributed by atoms with E-state index in [-0.39, 0.29) is 47.7 Å². The summed E-state index contributed by atoms with van der Waals surface area (Å²) >= 11 is 0. The first kappa shape index (κ1) is 29.9. The maximum atomic E-state index is 13.8. The lowest BCUT2D eigenvalue weighted by molar-refractivity contribution is -0.139. The number of amides is 3. The maximum absolute atomic E-state index is 13.8.